The standard InChI is InChI=1S/C21H23F3N4O4S/c22-21(23,24)18-12-15(14-1-2-16-17(11-14)32-13-31-16)26-20(27-18)33-10-3-19(29)25-4-5-28-6-8-30-9-7-28/h1-2,11-12H,3-10,13H2,(H,25,29)/p+1. The summed E-state index contributed by atoms with van der Waals surface area (Å²) < 4.78 is 56.1. The molecule has 33 heavy (non-hydrogen) atoms. The molecule has 0 spiro atoms. The molecule has 1 aromatic heterocycles. The summed E-state index contributed by atoms with van der Waals surface area (Å²) in [5.74, 6) is 1.08. The quantitative estimate of drug-likeness (QED) is 0.432. The molecule has 0 atom stereocenters. The Kier molecular flexibility index (Phi) is 7.56. The molecular formula is C21H24F3N4O4S+. The number of fused-ring (bicyclic) bond motifs is 1. The first kappa shape index (κ1) is 23.6. The van der Waals surface area contributed by atoms with Crippen LogP contribution in [0.4, 0.5) is 13.2 Å². The Bertz CT molecular complexity index is 986. The second-order valence-corrected chi connectivity index (χ2v) is 8.61. The van der Waals surface area contributed by atoms with Crippen LogP contribution in [0.2, 0.25) is 0 Å². The second-order valence-electron chi connectivity index (χ2n) is 7.55. The molecule has 2 aliphatic heterocycles. The lowest BCUT2D eigenvalue weighted by molar-refractivity contribution is -0.906. The van der Waals surface area contributed by atoms with Crippen molar-refractivity contribution in [3.05, 3.63) is 30.0 Å². The minimum absolute atomic E-state index is 0.0388. The summed E-state index contributed by atoms with van der Waals surface area (Å²) in [5.41, 5.74) is -0.459. The average molecular weight is 486 g/mol. The highest BCUT2D eigenvalue weighted by molar-refractivity contribution is 7.99. The molecule has 0 unspecified atom stereocenters. The third kappa shape index (κ3) is 6.49. The zero-order chi connectivity index (χ0) is 23.3. The van der Waals surface area contributed by atoms with Crippen molar-refractivity contribution in [3.63, 3.8) is 0 Å². The van der Waals surface area contributed by atoms with Gasteiger partial charge in [0.25, 0.3) is 0 Å². The molecule has 1 aromatic carbocycles. The number of aromatic nitrogens is 2. The van der Waals surface area contributed by atoms with Gasteiger partial charge in [0.15, 0.2) is 16.7 Å². The molecule has 2 aliphatic rings. The number of thioether (sulfide) groups is 1. The molecule has 2 N–H and O–H groups in total. The fourth-order valence-electron chi connectivity index (χ4n) is 3.45. The van der Waals surface area contributed by atoms with Gasteiger partial charge in [0.2, 0.25) is 12.7 Å². The smallest absolute Gasteiger partial charge is 0.433 e. The van der Waals surface area contributed by atoms with Crippen LogP contribution >= 0.6 is 11.8 Å². The Labute approximate surface area is 192 Å². The van der Waals surface area contributed by atoms with E-state index in [-0.39, 0.29) is 35.7 Å². The summed E-state index contributed by atoms with van der Waals surface area (Å²) in [6.45, 7) is 4.73. The predicted octanol–water partition coefficient (Wildman–Crippen LogP) is 1.40. The summed E-state index contributed by atoms with van der Waals surface area (Å²) >= 11 is 1.01. The van der Waals surface area contributed by atoms with Gasteiger partial charge in [-0.05, 0) is 24.3 Å². The largest absolute Gasteiger partial charge is 0.454 e. The molecule has 0 aliphatic carbocycles. The summed E-state index contributed by atoms with van der Waals surface area (Å²) in [6.07, 6.45) is -4.47. The van der Waals surface area contributed by atoms with E-state index in [1.807, 2.05) is 0 Å². The van der Waals surface area contributed by atoms with E-state index < -0.39 is 11.9 Å². The molecule has 0 saturated carbocycles. The van der Waals surface area contributed by atoms with E-state index in [4.69, 9.17) is 14.2 Å². The van der Waals surface area contributed by atoms with Gasteiger partial charge in [-0.3, -0.25) is 4.79 Å². The molecule has 1 fully saturated rings. The Hall–Kier alpha value is -2.57. The monoisotopic (exact) mass is 485 g/mol. The molecule has 4 rings (SSSR count). The number of nitrogens with one attached hydrogen (secondary N) is 2. The predicted molar refractivity (Wildman–Crippen MR) is 113 cm³/mol. The number of rotatable bonds is 8. The summed E-state index contributed by atoms with van der Waals surface area (Å²) in [6, 6.07) is 5.74. The van der Waals surface area contributed by atoms with E-state index in [1.165, 1.54) is 4.90 Å². The number of carbonyl (C=O) groups excluding carboxylic acids is 1. The number of hydrogen-bond acceptors (Lipinski definition) is 7. The van der Waals surface area contributed by atoms with E-state index in [1.54, 1.807) is 18.2 Å². The number of nitrogens with zero attached hydrogens (tertiary/aromatic N) is 2. The minimum Gasteiger partial charge on any atom is -0.454 e. The van der Waals surface area contributed by atoms with Crippen LogP contribution < -0.4 is 19.7 Å². The van der Waals surface area contributed by atoms with E-state index in [0.717, 1.165) is 50.7 Å². The van der Waals surface area contributed by atoms with Crippen molar-refractivity contribution in [1.82, 2.24) is 15.3 Å². The number of alkyl halides is 3. The van der Waals surface area contributed by atoms with Crippen molar-refractivity contribution in [2.45, 2.75) is 17.8 Å². The topological polar surface area (TPSA) is 87.0 Å². The molecule has 178 valence electrons. The molecule has 1 amide bonds. The van der Waals surface area contributed by atoms with Crippen LogP contribution in [0.1, 0.15) is 12.1 Å². The van der Waals surface area contributed by atoms with Gasteiger partial charge >= 0.3 is 6.18 Å². The minimum atomic E-state index is -4.62. The molecule has 1 saturated heterocycles. The number of hydrogen-bond donors (Lipinski definition) is 2. The van der Waals surface area contributed by atoms with Gasteiger partial charge in [-0.2, -0.15) is 13.2 Å². The SMILES string of the molecule is O=C(CCSc1nc(-c2ccc3c(c2)OCO3)cc(C(F)(F)F)n1)NCC[NH+]1CCOCC1. The molecule has 8 nitrogen and oxygen atoms in total. The van der Waals surface area contributed by atoms with Gasteiger partial charge in [0.05, 0.1) is 32.0 Å². The Morgan fingerprint density at radius 1 is 1.12 bits per heavy atom. The van der Waals surface area contributed by atoms with Gasteiger partial charge < -0.3 is 24.4 Å². The molecule has 0 bridgehead atoms. The van der Waals surface area contributed by atoms with Crippen molar-refractivity contribution in [1.29, 1.82) is 0 Å². The number of benzene rings is 1. The molecule has 3 heterocycles. The van der Waals surface area contributed by atoms with E-state index in [2.05, 4.69) is 15.3 Å². The Morgan fingerprint density at radius 3 is 2.70 bits per heavy atom. The average Bonchev–Trinajstić information content (AvgIpc) is 3.27. The highest BCUT2D eigenvalue weighted by Crippen LogP contribution is 2.37. The lowest BCUT2D eigenvalue weighted by Crippen LogP contribution is -3.14. The number of morpholine rings is 1. The molecular weight excluding hydrogens is 461 g/mol. The van der Waals surface area contributed by atoms with Crippen molar-refractivity contribution in [2.24, 2.45) is 0 Å². The normalized spacial score (nSPS) is 16.1. The van der Waals surface area contributed by atoms with Crippen molar-refractivity contribution in [3.8, 4) is 22.8 Å². The van der Waals surface area contributed by atoms with E-state index in [9.17, 15) is 18.0 Å². The van der Waals surface area contributed by atoms with Crippen LogP contribution in [0.15, 0.2) is 29.4 Å². The molecule has 12 heteroatoms. The maximum absolute atomic E-state index is 13.4. The van der Waals surface area contributed by atoms with Gasteiger partial charge in [0, 0.05) is 17.7 Å². The summed E-state index contributed by atoms with van der Waals surface area (Å²) in [4.78, 5) is 21.4. The Morgan fingerprint density at radius 2 is 1.91 bits per heavy atom. The third-order valence-electron chi connectivity index (χ3n) is 5.23. The fraction of sp³-hybridized carbons (Fsp3) is 0.476. The maximum Gasteiger partial charge on any atom is 0.433 e. The van der Waals surface area contributed by atoms with E-state index in [0.29, 0.717) is 23.6 Å². The second kappa shape index (κ2) is 10.6. The van der Waals surface area contributed by atoms with Crippen molar-refractivity contribution >= 4 is 17.7 Å². The lowest BCUT2D eigenvalue weighted by Gasteiger charge is -2.23. The maximum atomic E-state index is 13.4. The van der Waals surface area contributed by atoms with Gasteiger partial charge in [0.1, 0.15) is 18.8 Å². The zero-order valence-corrected chi connectivity index (χ0v) is 18.6. The first-order valence-corrected chi connectivity index (χ1v) is 11.5. The van der Waals surface area contributed by atoms with Crippen LogP contribution in [0.25, 0.3) is 11.3 Å². The third-order valence-corrected chi connectivity index (χ3v) is 6.07. The van der Waals surface area contributed by atoms with Crippen molar-refractivity contribution in [2.75, 3.05) is 51.9 Å². The Balaban J connectivity index is 1.35. The van der Waals surface area contributed by atoms with Gasteiger partial charge in [-0.15, -0.1) is 0 Å². The first-order chi connectivity index (χ1) is 15.9. The van der Waals surface area contributed by atoms with Gasteiger partial charge in [-0.25, -0.2) is 9.97 Å². The fourth-order valence-corrected chi connectivity index (χ4v) is 4.25. The highest BCUT2D eigenvalue weighted by atomic mass is 32.2. The first-order valence-electron chi connectivity index (χ1n) is 10.6. The summed E-state index contributed by atoms with van der Waals surface area (Å²) in [5, 5.41) is 2.81. The molecule has 0 radical (unpaired) electrons. The number of halogens is 3. The number of amides is 1. The highest BCUT2D eigenvalue weighted by Gasteiger charge is 2.34. The summed E-state index contributed by atoms with van der Waals surface area (Å²) in [7, 11) is 0. The van der Waals surface area contributed by atoms with Crippen LogP contribution in [0.3, 0.4) is 0 Å². The van der Waals surface area contributed by atoms with E-state index >= 15 is 0 Å². The van der Waals surface area contributed by atoms with Gasteiger partial charge in [-0.1, -0.05) is 11.8 Å². The van der Waals surface area contributed by atoms with Crippen LogP contribution in [-0.4, -0.2) is 67.8 Å². The van der Waals surface area contributed by atoms with Crippen LogP contribution in [0, 0.1) is 0 Å². The van der Waals surface area contributed by atoms with Crippen molar-refractivity contribution < 1.29 is 37.1 Å². The number of carbonyl (C=O) groups is 1. The zero-order valence-electron chi connectivity index (χ0n) is 17.7. The molecule has 2 aromatic rings. The number of quaternary nitrogens is 1. The lowest BCUT2D eigenvalue weighted by atomic mass is 10.1. The van der Waals surface area contributed by atoms with Crippen LogP contribution in [0.5, 0.6) is 11.5 Å². The number of ether oxygens (including phenoxy) is 3. The van der Waals surface area contributed by atoms with Crippen LogP contribution in [-0.2, 0) is 15.7 Å².